The maximum Gasteiger partial charge on any atom is 0.296 e. The number of thiophene rings is 1. The SMILES string of the molecule is Nc1ncncc1C(=O)c1cc(C2OCC(F)(F)c3ccc(Cl)cc32)cs1. The number of nitrogens with two attached hydrogens (primary N) is 1. The van der Waals surface area contributed by atoms with E-state index in [1.165, 1.54) is 42.1 Å². The van der Waals surface area contributed by atoms with Crippen molar-refractivity contribution in [2.45, 2.75) is 12.0 Å². The van der Waals surface area contributed by atoms with Crippen molar-refractivity contribution in [3.63, 3.8) is 0 Å². The van der Waals surface area contributed by atoms with Gasteiger partial charge in [-0.1, -0.05) is 17.7 Å². The number of carbonyl (C=O) groups excluding carboxylic acids is 1. The number of halogens is 3. The lowest BCUT2D eigenvalue weighted by molar-refractivity contribution is -0.115. The third-order valence-corrected chi connectivity index (χ3v) is 5.44. The van der Waals surface area contributed by atoms with Gasteiger partial charge in [0.1, 0.15) is 24.9 Å². The van der Waals surface area contributed by atoms with Crippen LogP contribution in [-0.2, 0) is 10.7 Å². The Hall–Kier alpha value is -2.42. The monoisotopic (exact) mass is 407 g/mol. The van der Waals surface area contributed by atoms with Crippen molar-refractivity contribution in [2.24, 2.45) is 0 Å². The van der Waals surface area contributed by atoms with E-state index < -0.39 is 18.6 Å². The van der Waals surface area contributed by atoms with E-state index in [-0.39, 0.29) is 28.3 Å². The van der Waals surface area contributed by atoms with Crippen molar-refractivity contribution >= 4 is 34.5 Å². The van der Waals surface area contributed by atoms with Crippen LogP contribution in [0.3, 0.4) is 0 Å². The summed E-state index contributed by atoms with van der Waals surface area (Å²) >= 11 is 7.17. The standard InChI is InChI=1S/C18H12ClF2N3O2S/c19-10-1-2-13-11(4-10)16(26-7-18(13,20)21)9-3-14(27-6-9)15(25)12-5-23-8-24-17(12)22/h1-6,8,16H,7H2,(H2,22,23,24). The summed E-state index contributed by atoms with van der Waals surface area (Å²) in [6.45, 7) is -0.745. The van der Waals surface area contributed by atoms with Crippen molar-refractivity contribution in [1.29, 1.82) is 0 Å². The Morgan fingerprint density at radius 3 is 2.96 bits per heavy atom. The van der Waals surface area contributed by atoms with E-state index in [4.69, 9.17) is 22.1 Å². The number of carbonyl (C=O) groups is 1. The lowest BCUT2D eigenvalue weighted by Crippen LogP contribution is -2.30. The molecule has 5 nitrogen and oxygen atoms in total. The summed E-state index contributed by atoms with van der Waals surface area (Å²) < 4.78 is 33.8. The second-order valence-electron chi connectivity index (χ2n) is 6.02. The van der Waals surface area contributed by atoms with Gasteiger partial charge in [0.25, 0.3) is 5.92 Å². The van der Waals surface area contributed by atoms with E-state index in [0.29, 0.717) is 15.5 Å². The normalized spacial score (nSPS) is 18.1. The number of anilines is 1. The highest BCUT2D eigenvalue weighted by atomic mass is 35.5. The molecule has 0 spiro atoms. The molecule has 1 atom stereocenters. The van der Waals surface area contributed by atoms with E-state index >= 15 is 0 Å². The minimum absolute atomic E-state index is 0.0793. The van der Waals surface area contributed by atoms with Gasteiger partial charge in [-0.15, -0.1) is 11.3 Å². The molecule has 0 saturated carbocycles. The van der Waals surface area contributed by atoms with Gasteiger partial charge in [0.15, 0.2) is 0 Å². The topological polar surface area (TPSA) is 78.1 Å². The summed E-state index contributed by atoms with van der Waals surface area (Å²) in [4.78, 5) is 20.6. The van der Waals surface area contributed by atoms with Crippen LogP contribution in [0.1, 0.15) is 38.0 Å². The quantitative estimate of drug-likeness (QED) is 0.658. The summed E-state index contributed by atoms with van der Waals surface area (Å²) in [6.07, 6.45) is 1.86. The average molecular weight is 408 g/mol. The van der Waals surface area contributed by atoms with Crippen molar-refractivity contribution in [1.82, 2.24) is 9.97 Å². The number of ether oxygens (including phenoxy) is 1. The van der Waals surface area contributed by atoms with E-state index in [9.17, 15) is 13.6 Å². The number of aromatic nitrogens is 2. The van der Waals surface area contributed by atoms with Crippen molar-refractivity contribution < 1.29 is 18.3 Å². The largest absolute Gasteiger partial charge is 0.383 e. The number of hydrogen-bond donors (Lipinski definition) is 1. The molecule has 1 aliphatic rings. The molecule has 138 valence electrons. The van der Waals surface area contributed by atoms with Crippen LogP contribution >= 0.6 is 22.9 Å². The molecule has 0 bridgehead atoms. The maximum absolute atomic E-state index is 14.2. The summed E-state index contributed by atoms with van der Waals surface area (Å²) in [5, 5.41) is 2.03. The molecular weight excluding hydrogens is 396 g/mol. The Balaban J connectivity index is 1.71. The molecule has 3 heterocycles. The predicted molar refractivity (Wildman–Crippen MR) is 97.3 cm³/mol. The van der Waals surface area contributed by atoms with Gasteiger partial charge in [-0.2, -0.15) is 8.78 Å². The van der Waals surface area contributed by atoms with Crippen LogP contribution in [0, 0.1) is 0 Å². The van der Waals surface area contributed by atoms with Crippen LogP contribution < -0.4 is 5.73 Å². The van der Waals surface area contributed by atoms with Gasteiger partial charge in [-0.3, -0.25) is 4.79 Å². The summed E-state index contributed by atoms with van der Waals surface area (Å²) in [6, 6.07) is 5.82. The molecule has 0 aliphatic carbocycles. The van der Waals surface area contributed by atoms with E-state index in [1.807, 2.05) is 0 Å². The fourth-order valence-corrected chi connectivity index (χ4v) is 4.03. The highest BCUT2D eigenvalue weighted by Crippen LogP contribution is 2.44. The number of fused-ring (bicyclic) bond motifs is 1. The zero-order chi connectivity index (χ0) is 19.2. The summed E-state index contributed by atoms with van der Waals surface area (Å²) in [5.74, 6) is -3.35. The first-order chi connectivity index (χ1) is 12.9. The van der Waals surface area contributed by atoms with Crippen LogP contribution in [0.2, 0.25) is 5.02 Å². The van der Waals surface area contributed by atoms with Crippen LogP contribution in [0.15, 0.2) is 42.2 Å². The van der Waals surface area contributed by atoms with Gasteiger partial charge in [0.05, 0.1) is 10.4 Å². The molecule has 0 amide bonds. The lowest BCUT2D eigenvalue weighted by Gasteiger charge is -2.31. The van der Waals surface area contributed by atoms with Crippen molar-refractivity contribution in [2.75, 3.05) is 12.3 Å². The van der Waals surface area contributed by atoms with Gasteiger partial charge < -0.3 is 10.5 Å². The van der Waals surface area contributed by atoms with E-state index in [0.717, 1.165) is 0 Å². The van der Waals surface area contributed by atoms with Crippen molar-refractivity contribution in [3.05, 3.63) is 74.3 Å². The number of alkyl halides is 2. The van der Waals surface area contributed by atoms with Gasteiger partial charge in [0, 0.05) is 16.8 Å². The van der Waals surface area contributed by atoms with E-state index in [2.05, 4.69) is 9.97 Å². The number of hydrogen-bond acceptors (Lipinski definition) is 6. The van der Waals surface area contributed by atoms with Gasteiger partial charge in [-0.25, -0.2) is 9.97 Å². The summed E-state index contributed by atoms with van der Waals surface area (Å²) in [7, 11) is 0. The molecule has 9 heteroatoms. The molecule has 1 unspecified atom stereocenters. The fraction of sp³-hybridized carbons (Fsp3) is 0.167. The Morgan fingerprint density at radius 2 is 2.19 bits per heavy atom. The van der Waals surface area contributed by atoms with Crippen LogP contribution in [0.25, 0.3) is 0 Å². The minimum atomic E-state index is -3.10. The second-order valence-corrected chi connectivity index (χ2v) is 7.37. The number of nitrogen functional groups attached to an aromatic ring is 1. The minimum Gasteiger partial charge on any atom is -0.383 e. The highest BCUT2D eigenvalue weighted by Gasteiger charge is 2.42. The molecule has 2 aromatic heterocycles. The smallest absolute Gasteiger partial charge is 0.296 e. The predicted octanol–water partition coefficient (Wildman–Crippen LogP) is 4.22. The Bertz CT molecular complexity index is 1040. The van der Waals surface area contributed by atoms with Crippen molar-refractivity contribution in [3.8, 4) is 0 Å². The van der Waals surface area contributed by atoms with Crippen LogP contribution in [0.5, 0.6) is 0 Å². The number of nitrogens with zero attached hydrogens (tertiary/aromatic N) is 2. The van der Waals surface area contributed by atoms with Crippen LogP contribution in [0.4, 0.5) is 14.6 Å². The lowest BCUT2D eigenvalue weighted by atomic mass is 9.92. The van der Waals surface area contributed by atoms with E-state index in [1.54, 1.807) is 11.4 Å². The molecule has 3 aromatic rings. The third kappa shape index (κ3) is 3.20. The number of ketones is 1. The molecule has 0 fully saturated rings. The molecule has 4 rings (SSSR count). The Kier molecular flexibility index (Phi) is 4.41. The first-order valence-electron chi connectivity index (χ1n) is 7.85. The highest BCUT2D eigenvalue weighted by molar-refractivity contribution is 7.12. The molecule has 0 saturated heterocycles. The molecule has 27 heavy (non-hydrogen) atoms. The molecule has 1 aromatic carbocycles. The zero-order valence-electron chi connectivity index (χ0n) is 13.7. The average Bonchev–Trinajstić information content (AvgIpc) is 3.11. The second kappa shape index (κ2) is 6.63. The third-order valence-electron chi connectivity index (χ3n) is 4.26. The Morgan fingerprint density at radius 1 is 1.37 bits per heavy atom. The van der Waals surface area contributed by atoms with Crippen LogP contribution in [-0.4, -0.2) is 22.4 Å². The molecule has 1 aliphatic heterocycles. The number of benzene rings is 1. The van der Waals surface area contributed by atoms with Gasteiger partial charge in [0.2, 0.25) is 5.78 Å². The summed E-state index contributed by atoms with van der Waals surface area (Å²) in [5.41, 5.74) is 6.68. The Labute approximate surface area is 161 Å². The first kappa shape index (κ1) is 18.0. The zero-order valence-corrected chi connectivity index (χ0v) is 15.2. The maximum atomic E-state index is 14.2. The number of rotatable bonds is 3. The molecule has 2 N–H and O–H groups in total. The molecule has 0 radical (unpaired) electrons. The molecular formula is C18H12ClF2N3O2S. The van der Waals surface area contributed by atoms with Gasteiger partial charge in [-0.05, 0) is 34.7 Å². The van der Waals surface area contributed by atoms with Gasteiger partial charge >= 0.3 is 0 Å². The fourth-order valence-electron chi connectivity index (χ4n) is 2.97. The first-order valence-corrected chi connectivity index (χ1v) is 9.10.